The Bertz CT molecular complexity index is 1240. The maximum atomic E-state index is 12.9. The third kappa shape index (κ3) is 3.91. The van der Waals surface area contributed by atoms with Crippen molar-refractivity contribution in [3.8, 4) is 17.0 Å². The molecule has 1 aliphatic heterocycles. The van der Waals surface area contributed by atoms with Gasteiger partial charge >= 0.3 is 6.03 Å². The number of carbonyl (C=O) groups is 1. The minimum Gasteiger partial charge on any atom is -0.497 e. The molecule has 2 aromatic heterocycles. The third-order valence-corrected chi connectivity index (χ3v) is 6.02. The lowest BCUT2D eigenvalue weighted by Crippen LogP contribution is -2.42. The Hall–Kier alpha value is -3.80. The first-order valence-corrected chi connectivity index (χ1v) is 11.0. The standard InChI is InChI=1S/C26H26N4O2/c1-32-22-13-7-9-19(17-22)24-23-14-5-6-16-30(23)25(28-24)20-10-8-15-29(18-20)26(31)27-21-11-3-2-4-12-21/h2-7,9,11-14,16-17,20H,8,10,15,18H2,1H3,(H,27,31)/t20-/m1/s1. The summed E-state index contributed by atoms with van der Waals surface area (Å²) in [5.41, 5.74) is 3.83. The van der Waals surface area contributed by atoms with Crippen LogP contribution in [-0.2, 0) is 0 Å². The van der Waals surface area contributed by atoms with E-state index in [1.54, 1.807) is 7.11 Å². The van der Waals surface area contributed by atoms with Gasteiger partial charge in [0, 0.05) is 36.5 Å². The molecule has 1 N–H and O–H groups in total. The van der Waals surface area contributed by atoms with Gasteiger partial charge in [-0.3, -0.25) is 0 Å². The van der Waals surface area contributed by atoms with E-state index in [4.69, 9.17) is 9.72 Å². The molecule has 32 heavy (non-hydrogen) atoms. The topological polar surface area (TPSA) is 58.9 Å². The Kier molecular flexibility index (Phi) is 5.50. The van der Waals surface area contributed by atoms with E-state index in [2.05, 4.69) is 28.0 Å². The minimum absolute atomic E-state index is 0.0604. The summed E-state index contributed by atoms with van der Waals surface area (Å²) in [5.74, 6) is 1.97. The number of methoxy groups -OCH3 is 1. The number of pyridine rings is 1. The van der Waals surface area contributed by atoms with Crippen molar-refractivity contribution in [2.24, 2.45) is 0 Å². The van der Waals surface area contributed by atoms with Crippen molar-refractivity contribution in [2.75, 3.05) is 25.5 Å². The molecule has 0 saturated carbocycles. The highest BCUT2D eigenvalue weighted by molar-refractivity contribution is 5.89. The molecule has 1 fully saturated rings. The Labute approximate surface area is 187 Å². The Morgan fingerprint density at radius 1 is 1.06 bits per heavy atom. The second kappa shape index (κ2) is 8.75. The first kappa shape index (κ1) is 20.1. The number of aromatic nitrogens is 2. The largest absolute Gasteiger partial charge is 0.497 e. The number of nitrogens with zero attached hydrogens (tertiary/aromatic N) is 3. The van der Waals surface area contributed by atoms with Gasteiger partial charge in [0.25, 0.3) is 0 Å². The van der Waals surface area contributed by atoms with Gasteiger partial charge in [0.1, 0.15) is 11.6 Å². The molecule has 0 unspecified atom stereocenters. The van der Waals surface area contributed by atoms with E-state index in [9.17, 15) is 4.79 Å². The highest BCUT2D eigenvalue weighted by Gasteiger charge is 2.28. The number of amides is 2. The van der Waals surface area contributed by atoms with Gasteiger partial charge in [-0.1, -0.05) is 36.4 Å². The highest BCUT2D eigenvalue weighted by atomic mass is 16.5. The van der Waals surface area contributed by atoms with Crippen LogP contribution < -0.4 is 10.1 Å². The number of imidazole rings is 1. The van der Waals surface area contributed by atoms with Crippen LogP contribution in [0.4, 0.5) is 10.5 Å². The van der Waals surface area contributed by atoms with E-state index >= 15 is 0 Å². The van der Waals surface area contributed by atoms with Crippen molar-refractivity contribution in [3.63, 3.8) is 0 Å². The van der Waals surface area contributed by atoms with Crippen molar-refractivity contribution in [3.05, 3.63) is 84.8 Å². The highest BCUT2D eigenvalue weighted by Crippen LogP contribution is 2.33. The number of carbonyl (C=O) groups excluding carboxylic acids is 1. The van der Waals surface area contributed by atoms with Gasteiger partial charge in [0.05, 0.1) is 18.3 Å². The number of ether oxygens (including phenoxy) is 1. The number of hydrogen-bond acceptors (Lipinski definition) is 3. The van der Waals surface area contributed by atoms with Crippen LogP contribution in [0, 0.1) is 0 Å². The quantitative estimate of drug-likeness (QED) is 0.474. The summed E-state index contributed by atoms with van der Waals surface area (Å²) in [6, 6.07) is 23.7. The molecule has 4 aromatic rings. The lowest BCUT2D eigenvalue weighted by molar-refractivity contribution is 0.191. The molecule has 0 bridgehead atoms. The zero-order valence-electron chi connectivity index (χ0n) is 18.1. The van der Waals surface area contributed by atoms with Gasteiger partial charge in [0.15, 0.2) is 0 Å². The molecule has 0 aliphatic carbocycles. The second-order valence-corrected chi connectivity index (χ2v) is 8.09. The molecule has 1 saturated heterocycles. The number of likely N-dealkylation sites (tertiary alicyclic amines) is 1. The third-order valence-electron chi connectivity index (χ3n) is 6.02. The van der Waals surface area contributed by atoms with Gasteiger partial charge in [-0.05, 0) is 49.2 Å². The first-order chi connectivity index (χ1) is 15.7. The molecule has 5 rings (SSSR count). The summed E-state index contributed by atoms with van der Waals surface area (Å²) in [4.78, 5) is 19.9. The van der Waals surface area contributed by atoms with Crippen LogP contribution in [0.3, 0.4) is 0 Å². The molecule has 1 atom stereocenters. The summed E-state index contributed by atoms with van der Waals surface area (Å²) in [6.45, 7) is 1.39. The molecule has 2 aromatic carbocycles. The number of benzene rings is 2. The fourth-order valence-electron chi connectivity index (χ4n) is 4.43. The van der Waals surface area contributed by atoms with Crippen LogP contribution in [0.1, 0.15) is 24.6 Å². The van der Waals surface area contributed by atoms with Crippen LogP contribution >= 0.6 is 0 Å². The number of urea groups is 1. The molecule has 6 nitrogen and oxygen atoms in total. The Balaban J connectivity index is 1.44. The molecule has 0 radical (unpaired) electrons. The van der Waals surface area contributed by atoms with Crippen molar-refractivity contribution in [2.45, 2.75) is 18.8 Å². The van der Waals surface area contributed by atoms with Crippen LogP contribution in [0.25, 0.3) is 16.8 Å². The maximum Gasteiger partial charge on any atom is 0.321 e. The average molecular weight is 427 g/mol. The molecule has 162 valence electrons. The van der Waals surface area contributed by atoms with Crippen LogP contribution in [0.5, 0.6) is 5.75 Å². The number of anilines is 1. The van der Waals surface area contributed by atoms with Crippen molar-refractivity contribution < 1.29 is 9.53 Å². The van der Waals surface area contributed by atoms with E-state index < -0.39 is 0 Å². The van der Waals surface area contributed by atoms with E-state index in [-0.39, 0.29) is 11.9 Å². The first-order valence-electron chi connectivity index (χ1n) is 11.0. The lowest BCUT2D eigenvalue weighted by Gasteiger charge is -2.32. The number of hydrogen-bond donors (Lipinski definition) is 1. The van der Waals surface area contributed by atoms with Gasteiger partial charge < -0.3 is 19.4 Å². The predicted octanol–water partition coefficient (Wildman–Crippen LogP) is 5.42. The monoisotopic (exact) mass is 426 g/mol. The zero-order chi connectivity index (χ0) is 21.9. The SMILES string of the molecule is COc1cccc(-c2nc([C@@H]3CCCN(C(=O)Nc4ccccc4)C3)n3ccccc23)c1. The van der Waals surface area contributed by atoms with E-state index in [0.717, 1.165) is 53.4 Å². The molecule has 2 amide bonds. The molecule has 6 heteroatoms. The fourth-order valence-corrected chi connectivity index (χ4v) is 4.43. The van der Waals surface area contributed by atoms with Gasteiger partial charge in [-0.2, -0.15) is 0 Å². The van der Waals surface area contributed by atoms with Crippen LogP contribution in [0.2, 0.25) is 0 Å². The summed E-state index contributed by atoms with van der Waals surface area (Å²) < 4.78 is 7.58. The van der Waals surface area contributed by atoms with Crippen molar-refractivity contribution in [1.82, 2.24) is 14.3 Å². The Morgan fingerprint density at radius 3 is 2.75 bits per heavy atom. The van der Waals surface area contributed by atoms with Crippen molar-refractivity contribution in [1.29, 1.82) is 0 Å². The van der Waals surface area contributed by atoms with E-state index in [1.165, 1.54) is 0 Å². The zero-order valence-corrected chi connectivity index (χ0v) is 18.1. The second-order valence-electron chi connectivity index (χ2n) is 8.09. The number of piperidine rings is 1. The summed E-state index contributed by atoms with van der Waals surface area (Å²) in [6.07, 6.45) is 4.01. The normalized spacial score (nSPS) is 16.2. The van der Waals surface area contributed by atoms with Crippen LogP contribution in [-0.4, -0.2) is 40.5 Å². The lowest BCUT2D eigenvalue weighted by atomic mass is 9.97. The maximum absolute atomic E-state index is 12.9. The molecule has 0 spiro atoms. The van der Waals surface area contributed by atoms with Gasteiger partial charge in [-0.15, -0.1) is 0 Å². The predicted molar refractivity (Wildman–Crippen MR) is 126 cm³/mol. The molecular formula is C26H26N4O2. The minimum atomic E-state index is -0.0604. The summed E-state index contributed by atoms with van der Waals surface area (Å²) >= 11 is 0. The van der Waals surface area contributed by atoms with E-state index in [0.29, 0.717) is 6.54 Å². The number of nitrogens with one attached hydrogen (secondary N) is 1. The van der Waals surface area contributed by atoms with Gasteiger partial charge in [-0.25, -0.2) is 9.78 Å². The van der Waals surface area contributed by atoms with Gasteiger partial charge in [0.2, 0.25) is 0 Å². The smallest absolute Gasteiger partial charge is 0.321 e. The number of fused-ring (bicyclic) bond motifs is 1. The Morgan fingerprint density at radius 2 is 1.91 bits per heavy atom. The van der Waals surface area contributed by atoms with Crippen molar-refractivity contribution >= 4 is 17.2 Å². The van der Waals surface area contributed by atoms with E-state index in [1.807, 2.05) is 65.6 Å². The number of para-hydroxylation sites is 1. The molecular weight excluding hydrogens is 400 g/mol. The summed E-state index contributed by atoms with van der Waals surface area (Å²) in [7, 11) is 1.67. The number of rotatable bonds is 4. The average Bonchev–Trinajstić information content (AvgIpc) is 3.25. The fraction of sp³-hybridized carbons (Fsp3) is 0.231. The summed E-state index contributed by atoms with van der Waals surface area (Å²) in [5, 5.41) is 3.01. The molecule has 3 heterocycles. The van der Waals surface area contributed by atoms with Crippen LogP contribution in [0.15, 0.2) is 79.0 Å². The molecule has 1 aliphatic rings.